The van der Waals surface area contributed by atoms with Gasteiger partial charge < -0.3 is 10.1 Å². The van der Waals surface area contributed by atoms with E-state index in [4.69, 9.17) is 4.74 Å². The zero-order chi connectivity index (χ0) is 14.7. The fraction of sp³-hybridized carbons (Fsp3) is 0.500. The number of thiazole rings is 1. The second-order valence-corrected chi connectivity index (χ2v) is 5.74. The van der Waals surface area contributed by atoms with Crippen molar-refractivity contribution in [2.45, 2.75) is 38.5 Å². The molecule has 3 heterocycles. The van der Waals surface area contributed by atoms with Crippen LogP contribution in [-0.2, 0) is 11.3 Å². The van der Waals surface area contributed by atoms with E-state index < -0.39 is 0 Å². The van der Waals surface area contributed by atoms with E-state index in [2.05, 4.69) is 15.4 Å². The highest BCUT2D eigenvalue weighted by molar-refractivity contribution is 7.07. The molecule has 0 unspecified atom stereocenters. The summed E-state index contributed by atoms with van der Waals surface area (Å²) in [5.41, 5.74) is 3.14. The first kappa shape index (κ1) is 14.2. The Bertz CT molecular complexity index is 596. The number of aromatic nitrogens is 3. The van der Waals surface area contributed by atoms with E-state index in [1.54, 1.807) is 10.9 Å². The second-order valence-electron chi connectivity index (χ2n) is 5.02. The lowest BCUT2D eigenvalue weighted by atomic mass is 9.98. The molecule has 7 heteroatoms. The average Bonchev–Trinajstić information content (AvgIpc) is 3.19. The third-order valence-corrected chi connectivity index (χ3v) is 4.20. The van der Waals surface area contributed by atoms with Gasteiger partial charge in [0.05, 0.1) is 17.7 Å². The minimum atomic E-state index is -0.139. The lowest BCUT2D eigenvalue weighted by molar-refractivity contribution is -0.00955. The smallest absolute Gasteiger partial charge is 0.271 e. The first-order chi connectivity index (χ1) is 10.3. The van der Waals surface area contributed by atoms with E-state index in [1.165, 1.54) is 11.3 Å². The maximum Gasteiger partial charge on any atom is 0.271 e. The van der Waals surface area contributed by atoms with Crippen molar-refractivity contribution in [3.05, 3.63) is 34.5 Å². The Morgan fingerprint density at radius 3 is 3.24 bits per heavy atom. The summed E-state index contributed by atoms with van der Waals surface area (Å²) in [7, 11) is 0. The molecule has 112 valence electrons. The topological polar surface area (TPSA) is 69.0 Å². The van der Waals surface area contributed by atoms with Crippen molar-refractivity contribution in [1.29, 1.82) is 0 Å². The van der Waals surface area contributed by atoms with Gasteiger partial charge in [0.1, 0.15) is 11.8 Å². The molecule has 0 radical (unpaired) electrons. The molecule has 0 aromatic carbocycles. The van der Waals surface area contributed by atoms with Gasteiger partial charge in [0.15, 0.2) is 0 Å². The maximum absolute atomic E-state index is 12.2. The normalized spacial score (nSPS) is 22.1. The third-order valence-electron chi connectivity index (χ3n) is 3.61. The van der Waals surface area contributed by atoms with E-state index in [0.29, 0.717) is 12.3 Å². The van der Waals surface area contributed by atoms with Gasteiger partial charge in [-0.3, -0.25) is 9.48 Å². The lowest BCUT2D eigenvalue weighted by Gasteiger charge is -2.31. The molecule has 6 nitrogen and oxygen atoms in total. The number of hydrogen-bond donors (Lipinski definition) is 1. The van der Waals surface area contributed by atoms with Crippen LogP contribution >= 0.6 is 11.3 Å². The van der Waals surface area contributed by atoms with Crippen molar-refractivity contribution in [2.75, 3.05) is 6.61 Å². The Kier molecular flexibility index (Phi) is 4.31. The summed E-state index contributed by atoms with van der Waals surface area (Å²) in [6, 6.07) is -0.0394. The third kappa shape index (κ3) is 3.14. The van der Waals surface area contributed by atoms with Crippen LogP contribution in [0.2, 0.25) is 0 Å². The SMILES string of the molecule is CCn1cc([C@H]2OCCC[C@@H]2NC(=O)c2cscn2)cn1. The number of carbonyl (C=O) groups is 1. The number of carbonyl (C=O) groups excluding carboxylic acids is 1. The molecule has 2 aromatic heterocycles. The van der Waals surface area contributed by atoms with Crippen LogP contribution in [0.15, 0.2) is 23.3 Å². The van der Waals surface area contributed by atoms with Crippen LogP contribution in [0.25, 0.3) is 0 Å². The van der Waals surface area contributed by atoms with Gasteiger partial charge in [-0.25, -0.2) is 4.98 Å². The van der Waals surface area contributed by atoms with Crippen molar-refractivity contribution < 1.29 is 9.53 Å². The number of rotatable bonds is 4. The first-order valence-electron chi connectivity index (χ1n) is 7.11. The van der Waals surface area contributed by atoms with Crippen molar-refractivity contribution in [3.63, 3.8) is 0 Å². The summed E-state index contributed by atoms with van der Waals surface area (Å²) >= 11 is 1.42. The van der Waals surface area contributed by atoms with Crippen molar-refractivity contribution in [1.82, 2.24) is 20.1 Å². The number of aryl methyl sites for hydroxylation is 1. The molecular formula is C14H18N4O2S. The highest BCUT2D eigenvalue weighted by Gasteiger charge is 2.30. The monoisotopic (exact) mass is 306 g/mol. The molecule has 2 atom stereocenters. The fourth-order valence-electron chi connectivity index (χ4n) is 2.52. The van der Waals surface area contributed by atoms with Gasteiger partial charge >= 0.3 is 0 Å². The molecule has 0 bridgehead atoms. The summed E-state index contributed by atoms with van der Waals surface area (Å²) in [6.07, 6.45) is 5.51. The van der Waals surface area contributed by atoms with E-state index in [-0.39, 0.29) is 18.1 Å². The Labute approximate surface area is 127 Å². The van der Waals surface area contributed by atoms with Crippen LogP contribution in [0.4, 0.5) is 0 Å². The molecule has 0 aliphatic carbocycles. The van der Waals surface area contributed by atoms with Crippen LogP contribution in [0.5, 0.6) is 0 Å². The molecule has 0 saturated carbocycles. The van der Waals surface area contributed by atoms with Gasteiger partial charge in [-0.2, -0.15) is 5.10 Å². The molecule has 0 spiro atoms. The van der Waals surface area contributed by atoms with E-state index in [1.807, 2.05) is 24.0 Å². The molecule has 1 N–H and O–H groups in total. The molecule has 2 aromatic rings. The van der Waals surface area contributed by atoms with Gasteiger partial charge in [-0.15, -0.1) is 11.3 Å². The minimum Gasteiger partial charge on any atom is -0.371 e. The highest BCUT2D eigenvalue weighted by atomic mass is 32.1. The van der Waals surface area contributed by atoms with Gasteiger partial charge in [0.25, 0.3) is 5.91 Å². The average molecular weight is 306 g/mol. The summed E-state index contributed by atoms with van der Waals surface area (Å²) in [6.45, 7) is 3.58. The summed E-state index contributed by atoms with van der Waals surface area (Å²) in [4.78, 5) is 16.2. The minimum absolute atomic E-state index is 0.0394. The summed E-state index contributed by atoms with van der Waals surface area (Å²) < 4.78 is 7.73. The fourth-order valence-corrected chi connectivity index (χ4v) is 3.06. The Morgan fingerprint density at radius 1 is 1.62 bits per heavy atom. The standard InChI is InChI=1S/C14H18N4O2S/c1-2-18-7-10(6-16-18)13-11(4-3-5-20-13)17-14(19)12-8-21-9-15-12/h6-9,11,13H,2-5H2,1H3,(H,17,19)/t11-,13+/m0/s1. The second kappa shape index (κ2) is 6.36. The number of ether oxygens (including phenoxy) is 1. The molecule has 21 heavy (non-hydrogen) atoms. The van der Waals surface area contributed by atoms with Gasteiger partial charge in [0, 0.05) is 30.3 Å². The lowest BCUT2D eigenvalue weighted by Crippen LogP contribution is -2.42. The number of amides is 1. The predicted molar refractivity (Wildman–Crippen MR) is 79.2 cm³/mol. The van der Waals surface area contributed by atoms with E-state index in [9.17, 15) is 4.79 Å². The van der Waals surface area contributed by atoms with Crippen LogP contribution in [0, 0.1) is 0 Å². The molecule has 3 rings (SSSR count). The van der Waals surface area contributed by atoms with Crippen LogP contribution < -0.4 is 5.32 Å². The quantitative estimate of drug-likeness (QED) is 0.938. The Balaban J connectivity index is 1.73. The van der Waals surface area contributed by atoms with Crippen LogP contribution in [0.3, 0.4) is 0 Å². The summed E-state index contributed by atoms with van der Waals surface area (Å²) in [5.74, 6) is -0.139. The van der Waals surface area contributed by atoms with Gasteiger partial charge in [-0.1, -0.05) is 0 Å². The maximum atomic E-state index is 12.2. The van der Waals surface area contributed by atoms with Crippen molar-refractivity contribution >= 4 is 17.2 Å². The molecule has 1 amide bonds. The Morgan fingerprint density at radius 2 is 2.52 bits per heavy atom. The Hall–Kier alpha value is -1.73. The molecule has 1 saturated heterocycles. The van der Waals surface area contributed by atoms with Crippen molar-refractivity contribution in [2.24, 2.45) is 0 Å². The highest BCUT2D eigenvalue weighted by Crippen LogP contribution is 2.28. The van der Waals surface area contributed by atoms with E-state index in [0.717, 1.165) is 24.9 Å². The number of hydrogen-bond acceptors (Lipinski definition) is 5. The van der Waals surface area contributed by atoms with Crippen LogP contribution in [0.1, 0.15) is 41.9 Å². The number of nitrogens with one attached hydrogen (secondary N) is 1. The van der Waals surface area contributed by atoms with Crippen LogP contribution in [-0.4, -0.2) is 33.3 Å². The van der Waals surface area contributed by atoms with Gasteiger partial charge in [0.2, 0.25) is 0 Å². The number of nitrogens with zero attached hydrogens (tertiary/aromatic N) is 3. The molecule has 1 fully saturated rings. The van der Waals surface area contributed by atoms with E-state index >= 15 is 0 Å². The molecular weight excluding hydrogens is 288 g/mol. The zero-order valence-electron chi connectivity index (χ0n) is 11.9. The summed E-state index contributed by atoms with van der Waals surface area (Å²) in [5, 5.41) is 9.08. The largest absolute Gasteiger partial charge is 0.371 e. The first-order valence-corrected chi connectivity index (χ1v) is 8.05. The molecule has 1 aliphatic rings. The predicted octanol–water partition coefficient (Wildman–Crippen LogP) is 2.01. The zero-order valence-corrected chi connectivity index (χ0v) is 12.7. The van der Waals surface area contributed by atoms with Crippen molar-refractivity contribution in [3.8, 4) is 0 Å². The molecule has 1 aliphatic heterocycles. The van der Waals surface area contributed by atoms with Gasteiger partial charge in [-0.05, 0) is 19.8 Å².